The van der Waals surface area contributed by atoms with Crippen LogP contribution in [-0.4, -0.2) is 11.5 Å². The lowest BCUT2D eigenvalue weighted by atomic mass is 9.91. The first-order valence-electron chi connectivity index (χ1n) is 7.73. The molecule has 1 N–H and O–H groups in total. The van der Waals surface area contributed by atoms with Crippen LogP contribution in [0.2, 0.25) is 0 Å². The third-order valence-corrected chi connectivity index (χ3v) is 4.63. The van der Waals surface area contributed by atoms with Crippen molar-refractivity contribution in [2.45, 2.75) is 53.5 Å². The zero-order chi connectivity index (χ0) is 15.4. The molecule has 114 valence electrons. The molecular formula is C18H26N2S. The Balaban J connectivity index is 2.31. The van der Waals surface area contributed by atoms with E-state index in [2.05, 4.69) is 62.4 Å². The van der Waals surface area contributed by atoms with Crippen LogP contribution in [0.25, 0.3) is 0 Å². The van der Waals surface area contributed by atoms with Gasteiger partial charge in [0.15, 0.2) is 0 Å². The van der Waals surface area contributed by atoms with Gasteiger partial charge in [-0.1, -0.05) is 24.6 Å². The van der Waals surface area contributed by atoms with Crippen LogP contribution in [0.3, 0.4) is 0 Å². The van der Waals surface area contributed by atoms with Crippen LogP contribution in [-0.2, 0) is 6.42 Å². The molecule has 0 saturated heterocycles. The Morgan fingerprint density at radius 2 is 1.81 bits per heavy atom. The number of rotatable bonds is 6. The van der Waals surface area contributed by atoms with E-state index in [-0.39, 0.29) is 0 Å². The molecule has 0 radical (unpaired) electrons. The molecule has 0 amide bonds. The second kappa shape index (κ2) is 7.19. The highest BCUT2D eigenvalue weighted by Crippen LogP contribution is 2.27. The predicted molar refractivity (Wildman–Crippen MR) is 92.2 cm³/mol. The number of hydrogen-bond acceptors (Lipinski definition) is 3. The van der Waals surface area contributed by atoms with E-state index in [1.807, 2.05) is 0 Å². The Morgan fingerprint density at radius 3 is 2.33 bits per heavy atom. The zero-order valence-electron chi connectivity index (χ0n) is 13.8. The summed E-state index contributed by atoms with van der Waals surface area (Å²) in [5, 5.41) is 7.05. The van der Waals surface area contributed by atoms with Gasteiger partial charge in [0.1, 0.15) is 0 Å². The summed E-state index contributed by atoms with van der Waals surface area (Å²) in [6.45, 7) is 11.9. The number of benzene rings is 1. The summed E-state index contributed by atoms with van der Waals surface area (Å²) in [5.74, 6) is 0. The number of hydrogen-bond donors (Lipinski definition) is 1. The van der Waals surface area contributed by atoms with Crippen molar-refractivity contribution in [2.24, 2.45) is 0 Å². The molecule has 0 aliphatic rings. The summed E-state index contributed by atoms with van der Waals surface area (Å²) in [5.41, 5.74) is 6.75. The molecule has 1 unspecified atom stereocenters. The lowest BCUT2D eigenvalue weighted by molar-refractivity contribution is 0.521. The minimum absolute atomic E-state index is 0.354. The molecule has 21 heavy (non-hydrogen) atoms. The quantitative estimate of drug-likeness (QED) is 0.839. The fraction of sp³-hybridized carbons (Fsp3) is 0.500. The maximum absolute atomic E-state index is 4.64. The lowest BCUT2D eigenvalue weighted by Gasteiger charge is -2.23. The fourth-order valence-corrected chi connectivity index (χ4v) is 3.67. The van der Waals surface area contributed by atoms with Gasteiger partial charge in [0.2, 0.25) is 0 Å². The molecule has 1 atom stereocenters. The standard InChI is InChI=1S/C18H26N2S/c1-6-7-19-17(10-16-11-21-15(5)20-16)18-13(3)8-12(2)9-14(18)4/h8-9,11,17,19H,6-7,10H2,1-5H3. The van der Waals surface area contributed by atoms with Crippen LogP contribution in [0.15, 0.2) is 17.5 Å². The predicted octanol–water partition coefficient (Wildman–Crippen LogP) is 4.66. The first kappa shape index (κ1) is 16.2. The minimum Gasteiger partial charge on any atom is -0.310 e. The molecule has 1 aromatic heterocycles. The Bertz CT molecular complexity index is 578. The molecule has 1 aromatic carbocycles. The maximum atomic E-state index is 4.64. The summed E-state index contributed by atoms with van der Waals surface area (Å²) in [6, 6.07) is 4.93. The molecule has 3 heteroatoms. The van der Waals surface area contributed by atoms with Gasteiger partial charge in [-0.15, -0.1) is 11.3 Å². The first-order chi connectivity index (χ1) is 10.0. The van der Waals surface area contributed by atoms with E-state index in [1.165, 1.54) is 27.9 Å². The molecule has 2 rings (SSSR count). The van der Waals surface area contributed by atoms with Gasteiger partial charge in [-0.25, -0.2) is 4.98 Å². The summed E-state index contributed by atoms with van der Waals surface area (Å²) < 4.78 is 0. The van der Waals surface area contributed by atoms with E-state index in [0.29, 0.717) is 6.04 Å². The van der Waals surface area contributed by atoms with Crippen molar-refractivity contribution in [3.63, 3.8) is 0 Å². The summed E-state index contributed by atoms with van der Waals surface area (Å²) >= 11 is 1.74. The highest BCUT2D eigenvalue weighted by molar-refractivity contribution is 7.09. The Hall–Kier alpha value is -1.19. The number of thiazole rings is 1. The molecule has 1 heterocycles. The zero-order valence-corrected chi connectivity index (χ0v) is 14.6. The average molecular weight is 302 g/mol. The van der Waals surface area contributed by atoms with E-state index in [9.17, 15) is 0 Å². The third-order valence-electron chi connectivity index (χ3n) is 3.81. The summed E-state index contributed by atoms with van der Waals surface area (Å²) in [7, 11) is 0. The molecule has 0 saturated carbocycles. The molecule has 0 aliphatic carbocycles. The Morgan fingerprint density at radius 1 is 1.14 bits per heavy atom. The van der Waals surface area contributed by atoms with Gasteiger partial charge in [-0.05, 0) is 57.4 Å². The molecule has 0 spiro atoms. The van der Waals surface area contributed by atoms with Crippen molar-refractivity contribution >= 4 is 11.3 Å². The Kier molecular flexibility index (Phi) is 5.54. The van der Waals surface area contributed by atoms with E-state index in [0.717, 1.165) is 24.4 Å². The van der Waals surface area contributed by atoms with E-state index in [4.69, 9.17) is 0 Å². The highest BCUT2D eigenvalue weighted by atomic mass is 32.1. The number of nitrogens with one attached hydrogen (secondary N) is 1. The SMILES string of the molecule is CCCNC(Cc1csc(C)n1)c1c(C)cc(C)cc1C. The normalized spacial score (nSPS) is 12.6. The highest BCUT2D eigenvalue weighted by Gasteiger charge is 2.17. The number of aryl methyl sites for hydroxylation is 4. The monoisotopic (exact) mass is 302 g/mol. The van der Waals surface area contributed by atoms with Gasteiger partial charge < -0.3 is 5.32 Å². The molecule has 0 fully saturated rings. The van der Waals surface area contributed by atoms with Crippen LogP contribution in [0.1, 0.15) is 52.3 Å². The molecule has 2 aromatic rings. The van der Waals surface area contributed by atoms with Crippen molar-refractivity contribution < 1.29 is 0 Å². The van der Waals surface area contributed by atoms with Crippen molar-refractivity contribution in [1.29, 1.82) is 0 Å². The maximum Gasteiger partial charge on any atom is 0.0897 e. The molecule has 0 aliphatic heterocycles. The van der Waals surface area contributed by atoms with Gasteiger partial charge >= 0.3 is 0 Å². The third kappa shape index (κ3) is 4.14. The van der Waals surface area contributed by atoms with Crippen LogP contribution in [0.5, 0.6) is 0 Å². The van der Waals surface area contributed by atoms with Crippen LogP contribution in [0, 0.1) is 27.7 Å². The van der Waals surface area contributed by atoms with E-state index in [1.54, 1.807) is 11.3 Å². The van der Waals surface area contributed by atoms with Gasteiger partial charge in [0, 0.05) is 17.8 Å². The average Bonchev–Trinajstić information content (AvgIpc) is 2.80. The van der Waals surface area contributed by atoms with E-state index >= 15 is 0 Å². The van der Waals surface area contributed by atoms with Gasteiger partial charge in [0.05, 0.1) is 10.7 Å². The summed E-state index contributed by atoms with van der Waals surface area (Å²) in [6.07, 6.45) is 2.12. The second-order valence-corrected chi connectivity index (χ2v) is 6.94. The number of aromatic nitrogens is 1. The van der Waals surface area contributed by atoms with Crippen LogP contribution in [0.4, 0.5) is 0 Å². The topological polar surface area (TPSA) is 24.9 Å². The minimum atomic E-state index is 0.354. The van der Waals surface area contributed by atoms with Crippen molar-refractivity contribution in [3.05, 3.63) is 50.5 Å². The molecule has 2 nitrogen and oxygen atoms in total. The van der Waals surface area contributed by atoms with Crippen LogP contribution >= 0.6 is 11.3 Å². The smallest absolute Gasteiger partial charge is 0.0897 e. The van der Waals surface area contributed by atoms with Crippen molar-refractivity contribution in [3.8, 4) is 0 Å². The molecular weight excluding hydrogens is 276 g/mol. The van der Waals surface area contributed by atoms with Crippen LogP contribution < -0.4 is 5.32 Å². The van der Waals surface area contributed by atoms with Crippen molar-refractivity contribution in [1.82, 2.24) is 10.3 Å². The van der Waals surface area contributed by atoms with Crippen molar-refractivity contribution in [2.75, 3.05) is 6.54 Å². The molecule has 0 bridgehead atoms. The largest absolute Gasteiger partial charge is 0.310 e. The van der Waals surface area contributed by atoms with Gasteiger partial charge in [-0.2, -0.15) is 0 Å². The lowest BCUT2D eigenvalue weighted by Crippen LogP contribution is -2.25. The summed E-state index contributed by atoms with van der Waals surface area (Å²) in [4.78, 5) is 4.64. The van der Waals surface area contributed by atoms with E-state index < -0.39 is 0 Å². The fourth-order valence-electron chi connectivity index (χ4n) is 3.05. The number of nitrogens with zero attached hydrogens (tertiary/aromatic N) is 1. The Labute approximate surface area is 132 Å². The first-order valence-corrected chi connectivity index (χ1v) is 8.61. The second-order valence-electron chi connectivity index (χ2n) is 5.88. The van der Waals surface area contributed by atoms with Gasteiger partial charge in [0.25, 0.3) is 0 Å². The van der Waals surface area contributed by atoms with Gasteiger partial charge in [-0.3, -0.25) is 0 Å².